The Labute approximate surface area is 117 Å². The zero-order chi connectivity index (χ0) is 14.1. The fourth-order valence-corrected chi connectivity index (χ4v) is 2.77. The molecule has 0 bridgehead atoms. The van der Waals surface area contributed by atoms with Crippen LogP contribution in [-0.4, -0.2) is 65.9 Å². The molecule has 1 fully saturated rings. The quantitative estimate of drug-likeness (QED) is 0.684. The number of urea groups is 1. The normalized spacial score (nSPS) is 19.2. The van der Waals surface area contributed by atoms with Crippen molar-refractivity contribution in [1.82, 2.24) is 10.2 Å². The zero-order valence-electron chi connectivity index (χ0n) is 11.3. The second-order valence-corrected chi connectivity index (χ2v) is 5.47. The average molecular weight is 290 g/mol. The Morgan fingerprint density at radius 1 is 1.47 bits per heavy atom. The number of ether oxygens (including phenoxy) is 1. The second kappa shape index (κ2) is 9.03. The van der Waals surface area contributed by atoms with Crippen molar-refractivity contribution in [3.63, 3.8) is 0 Å². The maximum Gasteiger partial charge on any atom is 0.327 e. The maximum atomic E-state index is 11.9. The molecule has 0 saturated carbocycles. The predicted molar refractivity (Wildman–Crippen MR) is 74.6 cm³/mol. The molecule has 6 nitrogen and oxygen atoms in total. The minimum Gasteiger partial charge on any atom is -0.480 e. The first kappa shape index (κ1) is 16.1. The maximum absolute atomic E-state index is 11.9. The number of nitrogens with one attached hydrogen (secondary N) is 1. The number of unbranched alkanes of at least 4 members (excludes halogenated alkanes) is 1. The monoisotopic (exact) mass is 290 g/mol. The highest BCUT2D eigenvalue weighted by Gasteiger charge is 2.32. The van der Waals surface area contributed by atoms with E-state index in [9.17, 15) is 9.59 Å². The number of carbonyl (C=O) groups is 2. The first-order valence-corrected chi connectivity index (χ1v) is 7.75. The first-order valence-electron chi connectivity index (χ1n) is 6.59. The summed E-state index contributed by atoms with van der Waals surface area (Å²) in [4.78, 5) is 24.3. The Morgan fingerprint density at radius 3 is 2.95 bits per heavy atom. The molecule has 1 aliphatic heterocycles. The minimum absolute atomic E-state index is 0.313. The van der Waals surface area contributed by atoms with Gasteiger partial charge in [0.15, 0.2) is 0 Å². The van der Waals surface area contributed by atoms with Gasteiger partial charge in [0.1, 0.15) is 6.04 Å². The van der Waals surface area contributed by atoms with Crippen LogP contribution in [0, 0.1) is 0 Å². The summed E-state index contributed by atoms with van der Waals surface area (Å²) in [5.74, 6) is 0.293. The summed E-state index contributed by atoms with van der Waals surface area (Å²) >= 11 is 1.56. The highest BCUT2D eigenvalue weighted by molar-refractivity contribution is 7.99. The van der Waals surface area contributed by atoms with Gasteiger partial charge in [0.05, 0.1) is 6.61 Å². The molecule has 2 N–H and O–H groups in total. The standard InChI is InChI=1S/C12H22N2O4S/c1-2-3-6-18-7-4-13-12(17)14-5-8-19-9-10(14)11(15)16/h10H,2-9H2,1H3,(H,13,17)(H,15,16). The number of thioether (sulfide) groups is 1. The number of aliphatic carboxylic acids is 1. The third-order valence-electron chi connectivity index (χ3n) is 2.84. The summed E-state index contributed by atoms with van der Waals surface area (Å²) in [7, 11) is 0. The van der Waals surface area contributed by atoms with Crippen molar-refractivity contribution in [2.24, 2.45) is 0 Å². The molecule has 1 heterocycles. The van der Waals surface area contributed by atoms with Crippen LogP contribution >= 0.6 is 11.8 Å². The van der Waals surface area contributed by atoms with Crippen LogP contribution in [0.4, 0.5) is 4.79 Å². The Balaban J connectivity index is 2.25. The summed E-state index contributed by atoms with van der Waals surface area (Å²) in [6.45, 7) is 4.14. The third-order valence-corrected chi connectivity index (χ3v) is 3.86. The third kappa shape index (κ3) is 5.69. The molecule has 1 aliphatic rings. The lowest BCUT2D eigenvalue weighted by atomic mass is 10.3. The zero-order valence-corrected chi connectivity index (χ0v) is 12.1. The van der Waals surface area contributed by atoms with E-state index in [1.165, 1.54) is 4.90 Å². The summed E-state index contributed by atoms with van der Waals surface area (Å²) in [6.07, 6.45) is 2.09. The molecular formula is C12H22N2O4S. The van der Waals surface area contributed by atoms with Crippen LogP contribution in [0.15, 0.2) is 0 Å². The van der Waals surface area contributed by atoms with Crippen LogP contribution in [0.1, 0.15) is 19.8 Å². The molecule has 0 aliphatic carbocycles. The van der Waals surface area contributed by atoms with E-state index >= 15 is 0 Å². The van der Waals surface area contributed by atoms with Gasteiger partial charge in [-0.15, -0.1) is 0 Å². The van der Waals surface area contributed by atoms with Crippen molar-refractivity contribution in [3.8, 4) is 0 Å². The second-order valence-electron chi connectivity index (χ2n) is 4.32. The van der Waals surface area contributed by atoms with Crippen molar-refractivity contribution in [3.05, 3.63) is 0 Å². The molecule has 2 amide bonds. The van der Waals surface area contributed by atoms with Gasteiger partial charge in [-0.05, 0) is 6.42 Å². The molecular weight excluding hydrogens is 268 g/mol. The molecule has 0 radical (unpaired) electrons. The molecule has 0 aromatic rings. The van der Waals surface area contributed by atoms with E-state index < -0.39 is 12.0 Å². The SMILES string of the molecule is CCCCOCCNC(=O)N1CCSCC1C(=O)O. The highest BCUT2D eigenvalue weighted by Crippen LogP contribution is 2.16. The molecule has 19 heavy (non-hydrogen) atoms. The van der Waals surface area contributed by atoms with Gasteiger partial charge < -0.3 is 20.1 Å². The van der Waals surface area contributed by atoms with Crippen LogP contribution in [0.25, 0.3) is 0 Å². The van der Waals surface area contributed by atoms with E-state index in [0.29, 0.717) is 32.1 Å². The number of hydrogen-bond acceptors (Lipinski definition) is 4. The first-order chi connectivity index (χ1) is 9.16. The van der Waals surface area contributed by atoms with Crippen LogP contribution < -0.4 is 5.32 Å². The lowest BCUT2D eigenvalue weighted by molar-refractivity contribution is -0.141. The van der Waals surface area contributed by atoms with Gasteiger partial charge in [-0.3, -0.25) is 0 Å². The topological polar surface area (TPSA) is 78.9 Å². The fourth-order valence-electron chi connectivity index (χ4n) is 1.73. The molecule has 1 unspecified atom stereocenters. The smallest absolute Gasteiger partial charge is 0.327 e. The molecule has 0 aromatic carbocycles. The van der Waals surface area contributed by atoms with Crippen molar-refractivity contribution in [2.75, 3.05) is 37.8 Å². The Morgan fingerprint density at radius 2 is 2.26 bits per heavy atom. The number of carboxylic acid groups (broad SMARTS) is 1. The van der Waals surface area contributed by atoms with Crippen LogP contribution in [-0.2, 0) is 9.53 Å². The van der Waals surface area contributed by atoms with E-state index in [0.717, 1.165) is 18.6 Å². The van der Waals surface area contributed by atoms with E-state index in [2.05, 4.69) is 12.2 Å². The number of hydrogen-bond donors (Lipinski definition) is 2. The molecule has 1 atom stereocenters. The fraction of sp³-hybridized carbons (Fsp3) is 0.833. The van der Waals surface area contributed by atoms with Gasteiger partial charge >= 0.3 is 12.0 Å². The Bertz CT molecular complexity index is 301. The van der Waals surface area contributed by atoms with Crippen molar-refractivity contribution < 1.29 is 19.4 Å². The molecule has 110 valence electrons. The van der Waals surface area contributed by atoms with Crippen LogP contribution in [0.2, 0.25) is 0 Å². The molecule has 0 spiro atoms. The van der Waals surface area contributed by atoms with Gasteiger partial charge in [-0.2, -0.15) is 11.8 Å². The lowest BCUT2D eigenvalue weighted by Crippen LogP contribution is -2.54. The predicted octanol–water partition coefficient (Wildman–Crippen LogP) is 1.01. The van der Waals surface area contributed by atoms with Gasteiger partial charge in [0.2, 0.25) is 0 Å². The Hall–Kier alpha value is -0.950. The summed E-state index contributed by atoms with van der Waals surface area (Å²) in [5, 5.41) is 11.8. The molecule has 0 aromatic heterocycles. The van der Waals surface area contributed by atoms with Gasteiger partial charge in [-0.25, -0.2) is 9.59 Å². The van der Waals surface area contributed by atoms with Crippen molar-refractivity contribution in [2.45, 2.75) is 25.8 Å². The Kier molecular flexibility index (Phi) is 7.66. The average Bonchev–Trinajstić information content (AvgIpc) is 2.42. The van der Waals surface area contributed by atoms with Crippen LogP contribution in [0.3, 0.4) is 0 Å². The van der Waals surface area contributed by atoms with Gasteiger partial charge in [-0.1, -0.05) is 13.3 Å². The van der Waals surface area contributed by atoms with Gasteiger partial charge in [0, 0.05) is 31.2 Å². The number of nitrogens with zero attached hydrogens (tertiary/aromatic N) is 1. The lowest BCUT2D eigenvalue weighted by Gasteiger charge is -2.32. The summed E-state index contributed by atoms with van der Waals surface area (Å²) in [5.41, 5.74) is 0. The number of carbonyl (C=O) groups excluding carboxylic acids is 1. The molecule has 7 heteroatoms. The van der Waals surface area contributed by atoms with E-state index in [1.54, 1.807) is 11.8 Å². The van der Waals surface area contributed by atoms with E-state index in [4.69, 9.17) is 9.84 Å². The molecule has 1 saturated heterocycles. The summed E-state index contributed by atoms with van der Waals surface area (Å²) in [6, 6.07) is -1.04. The van der Waals surface area contributed by atoms with E-state index in [1.807, 2.05) is 0 Å². The number of carboxylic acids is 1. The number of amides is 2. The van der Waals surface area contributed by atoms with E-state index in [-0.39, 0.29) is 6.03 Å². The van der Waals surface area contributed by atoms with Crippen molar-refractivity contribution >= 4 is 23.8 Å². The largest absolute Gasteiger partial charge is 0.480 e. The van der Waals surface area contributed by atoms with Crippen LogP contribution in [0.5, 0.6) is 0 Å². The number of rotatable bonds is 7. The highest BCUT2D eigenvalue weighted by atomic mass is 32.2. The van der Waals surface area contributed by atoms with Crippen molar-refractivity contribution in [1.29, 1.82) is 0 Å². The molecule has 1 rings (SSSR count). The summed E-state index contributed by atoms with van der Waals surface area (Å²) < 4.78 is 5.33. The van der Waals surface area contributed by atoms with Gasteiger partial charge in [0.25, 0.3) is 0 Å². The minimum atomic E-state index is -0.943.